The molecule has 1 aliphatic heterocycles. The molecule has 0 radical (unpaired) electrons. The van der Waals surface area contributed by atoms with Crippen LogP contribution in [0.15, 0.2) is 47.4 Å². The third-order valence-electron chi connectivity index (χ3n) is 3.96. The lowest BCUT2D eigenvalue weighted by molar-refractivity contribution is 0.265. The molecule has 0 aliphatic carbocycles. The highest BCUT2D eigenvalue weighted by Crippen LogP contribution is 2.40. The lowest BCUT2D eigenvalue weighted by atomic mass is 10.0. The molecule has 0 fully saturated rings. The molecule has 2 unspecified atom stereocenters. The molecule has 0 saturated carbocycles. The molecule has 1 heterocycles. The van der Waals surface area contributed by atoms with Crippen molar-refractivity contribution in [1.82, 2.24) is 5.32 Å². The van der Waals surface area contributed by atoms with Crippen molar-refractivity contribution in [2.45, 2.75) is 30.0 Å². The van der Waals surface area contributed by atoms with Crippen molar-refractivity contribution in [3.8, 4) is 5.75 Å². The van der Waals surface area contributed by atoms with Crippen molar-refractivity contribution in [2.24, 2.45) is 0 Å². The van der Waals surface area contributed by atoms with Crippen molar-refractivity contribution >= 4 is 11.8 Å². The number of benzene rings is 2. The van der Waals surface area contributed by atoms with Crippen LogP contribution in [0.2, 0.25) is 0 Å². The summed E-state index contributed by atoms with van der Waals surface area (Å²) in [7, 11) is 2.03. The van der Waals surface area contributed by atoms with Gasteiger partial charge in [0, 0.05) is 10.5 Å². The largest absolute Gasteiger partial charge is 0.492 e. The van der Waals surface area contributed by atoms with Gasteiger partial charge in [-0.3, -0.25) is 0 Å². The van der Waals surface area contributed by atoms with Crippen LogP contribution in [0.4, 0.5) is 0 Å². The monoisotopic (exact) mass is 299 g/mol. The number of hydrogen-bond acceptors (Lipinski definition) is 3. The van der Waals surface area contributed by atoms with Gasteiger partial charge in [0.25, 0.3) is 0 Å². The highest BCUT2D eigenvalue weighted by atomic mass is 32.2. The van der Waals surface area contributed by atoms with Gasteiger partial charge in [0.1, 0.15) is 12.4 Å². The molecule has 21 heavy (non-hydrogen) atoms. The van der Waals surface area contributed by atoms with Crippen molar-refractivity contribution in [3.63, 3.8) is 0 Å². The molecule has 2 aromatic carbocycles. The second-order valence-corrected chi connectivity index (χ2v) is 6.82. The number of nitrogens with one attached hydrogen (secondary N) is 1. The van der Waals surface area contributed by atoms with Crippen molar-refractivity contribution in [2.75, 3.05) is 13.7 Å². The van der Waals surface area contributed by atoms with Crippen LogP contribution >= 0.6 is 11.8 Å². The fraction of sp³-hybridized carbons (Fsp3) is 0.333. The van der Waals surface area contributed by atoms with Gasteiger partial charge in [-0.15, -0.1) is 11.8 Å². The van der Waals surface area contributed by atoms with Gasteiger partial charge in [0.05, 0.1) is 11.3 Å². The fourth-order valence-corrected chi connectivity index (χ4v) is 4.17. The Labute approximate surface area is 130 Å². The summed E-state index contributed by atoms with van der Waals surface area (Å²) in [5.74, 6) is 1.01. The minimum Gasteiger partial charge on any atom is -0.492 e. The summed E-state index contributed by atoms with van der Waals surface area (Å²) in [6, 6.07) is 15.3. The Kier molecular flexibility index (Phi) is 4.22. The van der Waals surface area contributed by atoms with Gasteiger partial charge in [0.15, 0.2) is 0 Å². The zero-order valence-electron chi connectivity index (χ0n) is 12.7. The molecule has 0 spiro atoms. The summed E-state index contributed by atoms with van der Waals surface area (Å²) in [6.45, 7) is 5.06. The fourth-order valence-electron chi connectivity index (χ4n) is 2.78. The maximum Gasteiger partial charge on any atom is 0.124 e. The van der Waals surface area contributed by atoms with Crippen LogP contribution in [0.3, 0.4) is 0 Å². The van der Waals surface area contributed by atoms with E-state index in [0.29, 0.717) is 11.3 Å². The van der Waals surface area contributed by atoms with Gasteiger partial charge in [-0.05, 0) is 38.6 Å². The van der Waals surface area contributed by atoms with Crippen LogP contribution in [0.1, 0.15) is 22.7 Å². The van der Waals surface area contributed by atoms with Gasteiger partial charge in [-0.2, -0.15) is 0 Å². The molecule has 3 heteroatoms. The first kappa shape index (κ1) is 14.5. The van der Waals surface area contributed by atoms with Gasteiger partial charge in [-0.1, -0.05) is 35.9 Å². The number of thioether (sulfide) groups is 1. The Morgan fingerprint density at radius 1 is 1.14 bits per heavy atom. The summed E-state index contributed by atoms with van der Waals surface area (Å²) in [4.78, 5) is 1.35. The average molecular weight is 299 g/mol. The maximum atomic E-state index is 5.95. The topological polar surface area (TPSA) is 21.3 Å². The SMILES string of the molecule is CNC1c2ccccc2OCC1Sc1cc(C)ccc1C. The van der Waals surface area contributed by atoms with E-state index in [4.69, 9.17) is 4.74 Å². The third-order valence-corrected chi connectivity index (χ3v) is 5.37. The molecule has 110 valence electrons. The first-order valence-corrected chi connectivity index (χ1v) is 8.20. The van der Waals surface area contributed by atoms with Crippen LogP contribution < -0.4 is 10.1 Å². The molecule has 0 saturated heterocycles. The van der Waals surface area contributed by atoms with Gasteiger partial charge in [-0.25, -0.2) is 0 Å². The molecule has 3 rings (SSSR count). The quantitative estimate of drug-likeness (QED) is 0.921. The second-order valence-electron chi connectivity index (χ2n) is 5.54. The van der Waals surface area contributed by atoms with Crippen LogP contribution in [0.5, 0.6) is 5.75 Å². The molecule has 2 atom stereocenters. The smallest absolute Gasteiger partial charge is 0.124 e. The standard InChI is InChI=1S/C18H21NOS/c1-12-8-9-13(2)16(10-12)21-17-11-20-15-7-5-4-6-14(15)18(17)19-3/h4-10,17-19H,11H2,1-3H3. The summed E-state index contributed by atoms with van der Waals surface area (Å²) >= 11 is 1.91. The molecule has 0 aromatic heterocycles. The highest BCUT2D eigenvalue weighted by Gasteiger charge is 2.30. The normalized spacial score (nSPS) is 20.7. The Morgan fingerprint density at radius 2 is 1.95 bits per heavy atom. The van der Waals surface area contributed by atoms with Gasteiger partial charge >= 0.3 is 0 Å². The lowest BCUT2D eigenvalue weighted by Crippen LogP contribution is -2.35. The number of hydrogen-bond donors (Lipinski definition) is 1. The molecular formula is C18H21NOS. The van der Waals surface area contributed by atoms with Crippen molar-refractivity contribution in [1.29, 1.82) is 0 Å². The minimum absolute atomic E-state index is 0.319. The second kappa shape index (κ2) is 6.12. The Hall–Kier alpha value is -1.45. The molecule has 0 bridgehead atoms. The number of rotatable bonds is 3. The summed E-state index contributed by atoms with van der Waals surface area (Å²) in [6.07, 6.45) is 0. The average Bonchev–Trinajstić information content (AvgIpc) is 2.50. The first-order valence-electron chi connectivity index (χ1n) is 7.32. The predicted octanol–water partition coefficient (Wildman–Crippen LogP) is 4.12. The van der Waals surface area contributed by atoms with Crippen molar-refractivity contribution in [3.05, 3.63) is 59.2 Å². The molecule has 2 aromatic rings. The van der Waals surface area contributed by atoms with E-state index in [1.54, 1.807) is 0 Å². The highest BCUT2D eigenvalue weighted by molar-refractivity contribution is 8.00. The zero-order valence-corrected chi connectivity index (χ0v) is 13.5. The molecule has 0 amide bonds. The van der Waals surface area contributed by atoms with E-state index in [1.165, 1.54) is 21.6 Å². The summed E-state index contributed by atoms with van der Waals surface area (Å²) < 4.78 is 5.95. The molecule has 2 nitrogen and oxygen atoms in total. The third kappa shape index (κ3) is 2.94. The van der Waals surface area contributed by atoms with Crippen LogP contribution in [0.25, 0.3) is 0 Å². The number of ether oxygens (including phenoxy) is 1. The van der Waals surface area contributed by atoms with Crippen LogP contribution in [0, 0.1) is 13.8 Å². The number of aryl methyl sites for hydroxylation is 2. The van der Waals surface area contributed by atoms with E-state index < -0.39 is 0 Å². The van der Waals surface area contributed by atoms with E-state index in [-0.39, 0.29) is 0 Å². The molecule has 1 aliphatic rings. The van der Waals surface area contributed by atoms with E-state index in [1.807, 2.05) is 24.9 Å². The number of fused-ring (bicyclic) bond motifs is 1. The zero-order chi connectivity index (χ0) is 14.8. The lowest BCUT2D eigenvalue weighted by Gasteiger charge is -2.33. The summed E-state index contributed by atoms with van der Waals surface area (Å²) in [5, 5.41) is 3.84. The number of para-hydroxylation sites is 1. The van der Waals surface area contributed by atoms with E-state index in [0.717, 1.165) is 12.4 Å². The van der Waals surface area contributed by atoms with E-state index in [9.17, 15) is 0 Å². The minimum atomic E-state index is 0.319. The maximum absolute atomic E-state index is 5.95. The summed E-state index contributed by atoms with van der Waals surface area (Å²) in [5.41, 5.74) is 3.90. The first-order chi connectivity index (χ1) is 10.2. The van der Waals surface area contributed by atoms with Gasteiger partial charge in [0.2, 0.25) is 0 Å². The predicted molar refractivity (Wildman–Crippen MR) is 89.3 cm³/mol. The van der Waals surface area contributed by atoms with Gasteiger partial charge < -0.3 is 10.1 Å². The van der Waals surface area contributed by atoms with E-state index in [2.05, 4.69) is 55.6 Å². The van der Waals surface area contributed by atoms with Crippen molar-refractivity contribution < 1.29 is 4.74 Å². The van der Waals surface area contributed by atoms with E-state index >= 15 is 0 Å². The van der Waals surface area contributed by atoms with Crippen LogP contribution in [-0.2, 0) is 0 Å². The Morgan fingerprint density at radius 3 is 2.76 bits per heavy atom. The molecule has 1 N–H and O–H groups in total. The molecular weight excluding hydrogens is 278 g/mol. The Bertz CT molecular complexity index is 641. The van der Waals surface area contributed by atoms with Crippen LogP contribution in [-0.4, -0.2) is 18.9 Å². The Balaban J connectivity index is 1.88.